The molecular formula is C31H41FN4O6S. The Kier molecular flexibility index (Phi) is 9.43. The van der Waals surface area contributed by atoms with Crippen LogP contribution in [-0.2, 0) is 22.4 Å². The number of aromatic hydroxyl groups is 1. The number of likely N-dealkylation sites (tertiary alicyclic amines) is 1. The molecule has 2 aliphatic rings. The van der Waals surface area contributed by atoms with E-state index in [1.54, 1.807) is 6.07 Å². The Morgan fingerprint density at radius 3 is 2.67 bits per heavy atom. The topological polar surface area (TPSA) is 136 Å². The van der Waals surface area contributed by atoms with E-state index in [4.69, 9.17) is 9.47 Å². The van der Waals surface area contributed by atoms with Crippen LogP contribution in [0, 0.1) is 5.82 Å². The third kappa shape index (κ3) is 7.93. The molecule has 2 saturated heterocycles. The van der Waals surface area contributed by atoms with Gasteiger partial charge in [-0.2, -0.15) is 0 Å². The molecule has 5 rings (SSSR count). The van der Waals surface area contributed by atoms with Crippen molar-refractivity contribution in [1.29, 1.82) is 0 Å². The Morgan fingerprint density at radius 1 is 1.23 bits per heavy atom. The number of fused-ring (bicyclic) bond motifs is 1. The minimum absolute atomic E-state index is 0.101. The lowest BCUT2D eigenvalue weighted by atomic mass is 9.89. The number of nitrogens with one attached hydrogen (secondary N) is 3. The first-order valence-corrected chi connectivity index (χ1v) is 15.6. The highest BCUT2D eigenvalue weighted by Crippen LogP contribution is 2.35. The molecule has 0 bridgehead atoms. The molecular weight excluding hydrogens is 575 g/mol. The summed E-state index contributed by atoms with van der Waals surface area (Å²) in [4.78, 5) is 29.3. The number of thiazole rings is 1. The second kappa shape index (κ2) is 12.9. The summed E-state index contributed by atoms with van der Waals surface area (Å²) in [5.41, 5.74) is 1.48. The predicted molar refractivity (Wildman–Crippen MR) is 163 cm³/mol. The van der Waals surface area contributed by atoms with Gasteiger partial charge in [0, 0.05) is 43.8 Å². The number of halogens is 1. The summed E-state index contributed by atoms with van der Waals surface area (Å²) in [5.74, 6) is -0.465. The number of nitrogens with zero attached hydrogens (tertiary/aromatic N) is 1. The number of morpholine rings is 1. The average molecular weight is 617 g/mol. The van der Waals surface area contributed by atoms with Crippen LogP contribution in [0.4, 0.5) is 9.18 Å². The van der Waals surface area contributed by atoms with E-state index in [0.29, 0.717) is 23.2 Å². The fourth-order valence-electron chi connectivity index (χ4n) is 5.89. The molecule has 0 radical (unpaired) electrons. The molecule has 1 amide bonds. The quantitative estimate of drug-likeness (QED) is 0.257. The molecule has 3 aromatic rings. The second-order valence-electron chi connectivity index (χ2n) is 12.6. The van der Waals surface area contributed by atoms with E-state index in [9.17, 15) is 24.2 Å². The van der Waals surface area contributed by atoms with Crippen molar-refractivity contribution in [2.75, 3.05) is 32.8 Å². The Balaban J connectivity index is 1.30. The highest BCUT2D eigenvalue weighted by Gasteiger charge is 2.37. The second-order valence-corrected chi connectivity index (χ2v) is 13.6. The number of benzene rings is 2. The van der Waals surface area contributed by atoms with Crippen molar-refractivity contribution in [3.05, 3.63) is 62.5 Å². The molecule has 2 atom stereocenters. The summed E-state index contributed by atoms with van der Waals surface area (Å²) in [6.07, 6.45) is -0.630. The van der Waals surface area contributed by atoms with E-state index in [1.807, 2.05) is 26.8 Å². The molecule has 2 aromatic carbocycles. The number of aromatic nitrogens is 1. The van der Waals surface area contributed by atoms with E-state index < -0.39 is 23.8 Å². The lowest BCUT2D eigenvalue weighted by Gasteiger charge is -2.44. The predicted octanol–water partition coefficient (Wildman–Crippen LogP) is 3.95. The summed E-state index contributed by atoms with van der Waals surface area (Å²) in [6, 6.07) is 7.87. The van der Waals surface area contributed by atoms with Crippen molar-refractivity contribution in [3.8, 4) is 5.75 Å². The van der Waals surface area contributed by atoms with Gasteiger partial charge in [0.1, 0.15) is 29.3 Å². The maximum atomic E-state index is 14.8. The van der Waals surface area contributed by atoms with E-state index in [2.05, 4.69) is 20.5 Å². The first-order valence-electron chi connectivity index (χ1n) is 14.8. The molecule has 0 aliphatic carbocycles. The number of carbonyl (C=O) groups is 1. The molecule has 0 unspecified atom stereocenters. The summed E-state index contributed by atoms with van der Waals surface area (Å²) in [5, 5.41) is 27.8. The van der Waals surface area contributed by atoms with Crippen LogP contribution in [0.25, 0.3) is 10.2 Å². The molecule has 10 nitrogen and oxygen atoms in total. The lowest BCUT2D eigenvalue weighted by molar-refractivity contribution is -0.100. The van der Waals surface area contributed by atoms with Crippen LogP contribution >= 0.6 is 11.3 Å². The maximum Gasteiger partial charge on any atom is 0.407 e. The van der Waals surface area contributed by atoms with Gasteiger partial charge in [0.15, 0.2) is 0 Å². The van der Waals surface area contributed by atoms with Crippen LogP contribution in [0.15, 0.2) is 35.1 Å². The molecule has 3 heterocycles. The fourth-order valence-corrected chi connectivity index (χ4v) is 6.80. The monoisotopic (exact) mass is 616 g/mol. The van der Waals surface area contributed by atoms with Gasteiger partial charge >= 0.3 is 11.0 Å². The van der Waals surface area contributed by atoms with E-state index in [-0.39, 0.29) is 34.0 Å². The minimum atomic E-state index is -1.30. The number of aliphatic hydroxyl groups is 1. The van der Waals surface area contributed by atoms with Gasteiger partial charge in [-0.25, -0.2) is 9.18 Å². The maximum absolute atomic E-state index is 14.8. The summed E-state index contributed by atoms with van der Waals surface area (Å²) in [7, 11) is 0. The zero-order chi connectivity index (χ0) is 30.8. The number of phenols is 1. The first kappa shape index (κ1) is 31.4. The van der Waals surface area contributed by atoms with Crippen LogP contribution in [-0.4, -0.2) is 76.2 Å². The van der Waals surface area contributed by atoms with Crippen LogP contribution in [0.3, 0.4) is 0 Å². The van der Waals surface area contributed by atoms with Crippen molar-refractivity contribution in [3.63, 3.8) is 0 Å². The highest BCUT2D eigenvalue weighted by atomic mass is 32.1. The summed E-state index contributed by atoms with van der Waals surface area (Å²) < 4.78 is 27.0. The third-order valence-electron chi connectivity index (χ3n) is 8.04. The molecule has 5 N–H and O–H groups in total. The number of alkyl carbamates (subject to hydrolysis) is 1. The summed E-state index contributed by atoms with van der Waals surface area (Å²) in [6.45, 7) is 10.3. The van der Waals surface area contributed by atoms with Crippen molar-refractivity contribution in [2.24, 2.45) is 0 Å². The first-order chi connectivity index (χ1) is 20.4. The average Bonchev–Trinajstić information content (AvgIpc) is 3.34. The smallest absolute Gasteiger partial charge is 0.407 e. The molecule has 234 valence electrons. The zero-order valence-corrected chi connectivity index (χ0v) is 25.7. The Labute approximate surface area is 254 Å². The highest BCUT2D eigenvalue weighted by molar-refractivity contribution is 7.16. The Morgan fingerprint density at radius 2 is 1.98 bits per heavy atom. The van der Waals surface area contributed by atoms with Crippen LogP contribution in [0.5, 0.6) is 5.75 Å². The molecule has 1 aromatic heterocycles. The van der Waals surface area contributed by atoms with E-state index >= 15 is 0 Å². The van der Waals surface area contributed by atoms with Gasteiger partial charge in [-0.15, -0.1) is 0 Å². The van der Waals surface area contributed by atoms with E-state index in [1.165, 1.54) is 18.2 Å². The van der Waals surface area contributed by atoms with Gasteiger partial charge in [-0.1, -0.05) is 23.5 Å². The van der Waals surface area contributed by atoms with Crippen molar-refractivity contribution >= 4 is 27.6 Å². The number of amides is 1. The number of H-pyrrole nitrogens is 1. The number of hydrogen-bond donors (Lipinski definition) is 5. The van der Waals surface area contributed by atoms with Crippen molar-refractivity contribution in [2.45, 2.75) is 76.3 Å². The Bertz CT molecular complexity index is 1490. The number of hydrogen-bond acceptors (Lipinski definition) is 9. The van der Waals surface area contributed by atoms with Gasteiger partial charge < -0.3 is 35.3 Å². The van der Waals surface area contributed by atoms with Gasteiger partial charge in [0.05, 0.1) is 16.9 Å². The molecule has 0 saturated carbocycles. The van der Waals surface area contributed by atoms with Gasteiger partial charge in [-0.3, -0.25) is 9.69 Å². The minimum Gasteiger partial charge on any atom is -0.506 e. The Hall–Kier alpha value is -3.03. The van der Waals surface area contributed by atoms with Crippen molar-refractivity contribution in [1.82, 2.24) is 20.5 Å². The molecule has 2 fully saturated rings. The van der Waals surface area contributed by atoms with Crippen molar-refractivity contribution < 1.29 is 28.9 Å². The van der Waals surface area contributed by atoms with Gasteiger partial charge in [0.2, 0.25) is 0 Å². The SMILES string of the molecule is CC(C)(C)NC(=O)O[C@H](CCc1cc(F)cc(CN2CCC3(CC2)CNCCO3)c1)[C@H](O)c1ccc(O)c2[nH]c(=O)sc12. The number of phenolic OH excluding ortho intramolecular Hbond substituents is 1. The number of aryl methyl sites for hydroxylation is 1. The molecule has 43 heavy (non-hydrogen) atoms. The molecule has 1 spiro atoms. The largest absolute Gasteiger partial charge is 0.506 e. The van der Waals surface area contributed by atoms with Crippen LogP contribution in [0.1, 0.15) is 62.8 Å². The van der Waals surface area contributed by atoms with E-state index in [0.717, 1.165) is 68.1 Å². The number of piperidine rings is 1. The molecule has 12 heteroatoms. The van der Waals surface area contributed by atoms with Crippen LogP contribution in [0.2, 0.25) is 0 Å². The normalized spacial score (nSPS) is 18.9. The molecule has 2 aliphatic heterocycles. The number of carbonyl (C=O) groups excluding carboxylic acids is 1. The van der Waals surface area contributed by atoms with Crippen LogP contribution < -0.4 is 15.5 Å². The zero-order valence-electron chi connectivity index (χ0n) is 24.9. The summed E-state index contributed by atoms with van der Waals surface area (Å²) >= 11 is 0.857. The fraction of sp³-hybridized carbons (Fsp3) is 0.548. The van der Waals surface area contributed by atoms with Gasteiger partial charge in [-0.05, 0) is 75.8 Å². The number of ether oxygens (including phenoxy) is 2. The standard InChI is InChI=1S/C31H41FN4O6S/c1-30(2,3)35-28(39)42-24(26(38)22-5-6-23(37)25-27(22)43-29(40)34-25)7-4-19-14-20(16-21(32)15-19)17-36-11-8-31(9-12-36)18-33-10-13-41-31/h5-6,14-16,24,26,33,37-38H,4,7-13,17-18H2,1-3H3,(H,34,40)(H,35,39)/t24-,26-/m1/s1. The number of aliphatic hydroxyl groups excluding tert-OH is 1. The number of rotatable bonds is 8. The third-order valence-corrected chi connectivity index (χ3v) is 8.97. The van der Waals surface area contributed by atoms with Gasteiger partial charge in [0.25, 0.3) is 0 Å². The lowest BCUT2D eigenvalue weighted by Crippen LogP contribution is -2.55. The number of aromatic amines is 1.